The Bertz CT molecular complexity index is 644. The minimum atomic E-state index is -4.41. The molecule has 0 aliphatic heterocycles. The molecule has 2 amide bonds. The van der Waals surface area contributed by atoms with Gasteiger partial charge >= 0.3 is 12.2 Å². The van der Waals surface area contributed by atoms with Crippen LogP contribution >= 0.6 is 0 Å². The van der Waals surface area contributed by atoms with Gasteiger partial charge in [0.25, 0.3) is 0 Å². The molecule has 0 aliphatic rings. The Morgan fingerprint density at radius 1 is 1.23 bits per heavy atom. The lowest BCUT2D eigenvalue weighted by atomic mass is 10.1. The SMILES string of the molecule is CC(NC(=O)Nc1cccnc1)c1cccc(C(F)(F)F)c1. The third kappa shape index (κ3) is 4.21. The molecule has 1 atom stereocenters. The number of benzene rings is 1. The van der Waals surface area contributed by atoms with E-state index in [0.717, 1.165) is 12.1 Å². The van der Waals surface area contributed by atoms with Crippen molar-refractivity contribution >= 4 is 11.7 Å². The van der Waals surface area contributed by atoms with E-state index >= 15 is 0 Å². The summed E-state index contributed by atoms with van der Waals surface area (Å²) in [7, 11) is 0. The number of aromatic nitrogens is 1. The van der Waals surface area contributed by atoms with E-state index in [1.54, 1.807) is 25.3 Å². The average molecular weight is 309 g/mol. The smallest absolute Gasteiger partial charge is 0.331 e. The van der Waals surface area contributed by atoms with Crippen molar-refractivity contribution in [2.24, 2.45) is 0 Å². The molecule has 0 spiro atoms. The van der Waals surface area contributed by atoms with E-state index in [0.29, 0.717) is 11.3 Å². The minimum Gasteiger partial charge on any atom is -0.331 e. The van der Waals surface area contributed by atoms with Crippen LogP contribution in [0, 0.1) is 0 Å². The highest BCUT2D eigenvalue weighted by molar-refractivity contribution is 5.89. The summed E-state index contributed by atoms with van der Waals surface area (Å²) >= 11 is 0. The molecule has 0 bridgehead atoms. The molecule has 116 valence electrons. The normalized spacial score (nSPS) is 12.5. The summed E-state index contributed by atoms with van der Waals surface area (Å²) in [5, 5.41) is 5.13. The van der Waals surface area contributed by atoms with Gasteiger partial charge in [-0.25, -0.2) is 4.79 Å². The van der Waals surface area contributed by atoms with Crippen molar-refractivity contribution in [2.75, 3.05) is 5.32 Å². The maximum atomic E-state index is 12.7. The predicted molar refractivity (Wildman–Crippen MR) is 76.3 cm³/mol. The fourth-order valence-corrected chi connectivity index (χ4v) is 1.87. The van der Waals surface area contributed by atoms with E-state index in [2.05, 4.69) is 15.6 Å². The Hall–Kier alpha value is -2.57. The van der Waals surface area contributed by atoms with Crippen molar-refractivity contribution in [1.82, 2.24) is 10.3 Å². The van der Waals surface area contributed by atoms with Crippen LogP contribution in [0.25, 0.3) is 0 Å². The van der Waals surface area contributed by atoms with Crippen LogP contribution in [0.3, 0.4) is 0 Å². The standard InChI is InChI=1S/C15H14F3N3O/c1-10(11-4-2-5-12(8-11)15(16,17)18)20-14(22)21-13-6-3-7-19-9-13/h2-10H,1H3,(H2,20,21,22). The van der Waals surface area contributed by atoms with Gasteiger partial charge in [0, 0.05) is 6.20 Å². The molecule has 4 nitrogen and oxygen atoms in total. The molecule has 0 radical (unpaired) electrons. The zero-order valence-electron chi connectivity index (χ0n) is 11.7. The number of carbonyl (C=O) groups is 1. The van der Waals surface area contributed by atoms with E-state index in [9.17, 15) is 18.0 Å². The maximum Gasteiger partial charge on any atom is 0.416 e. The third-order valence-electron chi connectivity index (χ3n) is 2.98. The van der Waals surface area contributed by atoms with Crippen molar-refractivity contribution in [3.8, 4) is 0 Å². The number of carbonyl (C=O) groups excluding carboxylic acids is 1. The first-order chi connectivity index (χ1) is 10.4. The first-order valence-electron chi connectivity index (χ1n) is 6.51. The number of nitrogens with zero attached hydrogens (tertiary/aromatic N) is 1. The summed E-state index contributed by atoms with van der Waals surface area (Å²) in [6.07, 6.45) is -1.38. The van der Waals surface area contributed by atoms with Crippen LogP contribution in [0.5, 0.6) is 0 Å². The second kappa shape index (κ2) is 6.46. The van der Waals surface area contributed by atoms with Crippen LogP contribution < -0.4 is 10.6 Å². The molecule has 7 heteroatoms. The number of amides is 2. The number of halogens is 3. The van der Waals surface area contributed by atoms with Gasteiger partial charge in [0.1, 0.15) is 0 Å². The molecule has 2 N–H and O–H groups in total. The number of alkyl halides is 3. The van der Waals surface area contributed by atoms with Gasteiger partial charge in [-0.05, 0) is 36.8 Å². The van der Waals surface area contributed by atoms with E-state index in [1.165, 1.54) is 18.3 Å². The highest BCUT2D eigenvalue weighted by atomic mass is 19.4. The summed E-state index contributed by atoms with van der Waals surface area (Å²) < 4.78 is 38.0. The molecule has 1 aromatic heterocycles. The zero-order chi connectivity index (χ0) is 16.2. The van der Waals surface area contributed by atoms with Gasteiger partial charge in [0.05, 0.1) is 23.5 Å². The average Bonchev–Trinajstić information content (AvgIpc) is 2.47. The first kappa shape index (κ1) is 15.8. The summed E-state index contributed by atoms with van der Waals surface area (Å²) in [5.41, 5.74) is 0.124. The highest BCUT2D eigenvalue weighted by Gasteiger charge is 2.30. The molecule has 0 saturated heterocycles. The Morgan fingerprint density at radius 3 is 2.64 bits per heavy atom. The van der Waals surface area contributed by atoms with Crippen LogP contribution in [0.2, 0.25) is 0 Å². The molecule has 1 heterocycles. The number of pyridine rings is 1. The predicted octanol–water partition coefficient (Wildman–Crippen LogP) is 3.98. The van der Waals surface area contributed by atoms with Crippen molar-refractivity contribution in [1.29, 1.82) is 0 Å². The van der Waals surface area contributed by atoms with E-state index in [4.69, 9.17) is 0 Å². The topological polar surface area (TPSA) is 54.0 Å². The number of nitrogens with one attached hydrogen (secondary N) is 2. The fraction of sp³-hybridized carbons (Fsp3) is 0.200. The number of rotatable bonds is 3. The number of urea groups is 1. The molecule has 0 fully saturated rings. The third-order valence-corrected chi connectivity index (χ3v) is 2.98. The molecule has 1 aromatic carbocycles. The second-order valence-electron chi connectivity index (χ2n) is 4.69. The second-order valence-corrected chi connectivity index (χ2v) is 4.69. The molecule has 2 aromatic rings. The summed E-state index contributed by atoms with van der Waals surface area (Å²) in [5.74, 6) is 0. The molecule has 0 aliphatic carbocycles. The Kier molecular flexibility index (Phi) is 4.65. The molecule has 22 heavy (non-hydrogen) atoms. The molecule has 0 saturated carbocycles. The zero-order valence-corrected chi connectivity index (χ0v) is 11.7. The quantitative estimate of drug-likeness (QED) is 0.901. The molecule has 2 rings (SSSR count). The van der Waals surface area contributed by atoms with Gasteiger partial charge in [-0.2, -0.15) is 13.2 Å². The van der Waals surface area contributed by atoms with E-state index in [1.807, 2.05) is 0 Å². The summed E-state index contributed by atoms with van der Waals surface area (Å²) in [6, 6.07) is 7.09. The lowest BCUT2D eigenvalue weighted by Crippen LogP contribution is -2.31. The lowest BCUT2D eigenvalue weighted by molar-refractivity contribution is -0.137. The minimum absolute atomic E-state index is 0.371. The molecular weight excluding hydrogens is 295 g/mol. The highest BCUT2D eigenvalue weighted by Crippen LogP contribution is 2.30. The largest absolute Gasteiger partial charge is 0.416 e. The molecular formula is C15H14F3N3O. The fourth-order valence-electron chi connectivity index (χ4n) is 1.87. The molecule has 1 unspecified atom stereocenters. The van der Waals surface area contributed by atoms with Gasteiger partial charge in [0.2, 0.25) is 0 Å². The van der Waals surface area contributed by atoms with Gasteiger partial charge in [-0.3, -0.25) is 4.98 Å². The lowest BCUT2D eigenvalue weighted by Gasteiger charge is -2.16. The van der Waals surface area contributed by atoms with Gasteiger partial charge in [0.15, 0.2) is 0 Å². The van der Waals surface area contributed by atoms with Gasteiger partial charge in [-0.15, -0.1) is 0 Å². The van der Waals surface area contributed by atoms with E-state index in [-0.39, 0.29) is 0 Å². The summed E-state index contributed by atoms with van der Waals surface area (Å²) in [6.45, 7) is 1.61. The van der Waals surface area contributed by atoms with Crippen LogP contribution in [0.4, 0.5) is 23.7 Å². The van der Waals surface area contributed by atoms with E-state index < -0.39 is 23.8 Å². The number of hydrogen-bond acceptors (Lipinski definition) is 2. The summed E-state index contributed by atoms with van der Waals surface area (Å²) in [4.78, 5) is 15.7. The van der Waals surface area contributed by atoms with Gasteiger partial charge < -0.3 is 10.6 Å². The number of anilines is 1. The van der Waals surface area contributed by atoms with Crippen molar-refractivity contribution in [3.05, 3.63) is 59.9 Å². The first-order valence-corrected chi connectivity index (χ1v) is 6.51. The van der Waals surface area contributed by atoms with Crippen LogP contribution in [-0.4, -0.2) is 11.0 Å². The number of hydrogen-bond donors (Lipinski definition) is 2. The Morgan fingerprint density at radius 2 is 2.00 bits per heavy atom. The Balaban J connectivity index is 2.03. The van der Waals surface area contributed by atoms with Crippen molar-refractivity contribution in [3.63, 3.8) is 0 Å². The van der Waals surface area contributed by atoms with Crippen LogP contribution in [0.15, 0.2) is 48.8 Å². The van der Waals surface area contributed by atoms with Crippen LogP contribution in [0.1, 0.15) is 24.1 Å². The van der Waals surface area contributed by atoms with Crippen molar-refractivity contribution in [2.45, 2.75) is 19.1 Å². The Labute approximate surface area is 125 Å². The van der Waals surface area contributed by atoms with Crippen molar-refractivity contribution < 1.29 is 18.0 Å². The van der Waals surface area contributed by atoms with Crippen LogP contribution in [-0.2, 0) is 6.18 Å². The maximum absolute atomic E-state index is 12.7. The monoisotopic (exact) mass is 309 g/mol. The van der Waals surface area contributed by atoms with Gasteiger partial charge in [-0.1, -0.05) is 12.1 Å².